The van der Waals surface area contributed by atoms with E-state index in [4.69, 9.17) is 4.74 Å². The summed E-state index contributed by atoms with van der Waals surface area (Å²) in [5.74, 6) is 0.217. The summed E-state index contributed by atoms with van der Waals surface area (Å²) in [6.07, 6.45) is 3.89. The van der Waals surface area contributed by atoms with Gasteiger partial charge in [0.15, 0.2) is 6.61 Å². The van der Waals surface area contributed by atoms with Crippen LogP contribution in [0.4, 0.5) is 0 Å². The lowest BCUT2D eigenvalue weighted by molar-refractivity contribution is -0.123. The Hall–Kier alpha value is -2.38. The van der Waals surface area contributed by atoms with Gasteiger partial charge in [-0.3, -0.25) is 4.79 Å². The zero-order valence-electron chi connectivity index (χ0n) is 18.7. The first-order chi connectivity index (χ1) is 14.7. The number of hydrogen-bond acceptors (Lipinski definition) is 4. The van der Waals surface area contributed by atoms with Gasteiger partial charge in [0.25, 0.3) is 5.91 Å². The first-order valence-electron chi connectivity index (χ1n) is 10.8. The summed E-state index contributed by atoms with van der Waals surface area (Å²) in [6, 6.07) is 10.3. The van der Waals surface area contributed by atoms with Crippen molar-refractivity contribution in [1.82, 2.24) is 10.0 Å². The molecule has 0 heterocycles. The number of carbonyl (C=O) groups excluding carboxylic acids is 1. The number of benzene rings is 2. The van der Waals surface area contributed by atoms with Crippen molar-refractivity contribution in [3.8, 4) is 5.75 Å². The summed E-state index contributed by atoms with van der Waals surface area (Å²) in [4.78, 5) is 12.5. The van der Waals surface area contributed by atoms with Crippen molar-refractivity contribution in [2.24, 2.45) is 0 Å². The zero-order valence-corrected chi connectivity index (χ0v) is 19.5. The van der Waals surface area contributed by atoms with E-state index in [1.54, 1.807) is 12.1 Å². The predicted molar refractivity (Wildman–Crippen MR) is 122 cm³/mol. The van der Waals surface area contributed by atoms with Crippen LogP contribution in [0.5, 0.6) is 5.75 Å². The van der Waals surface area contributed by atoms with Crippen LogP contribution in [0, 0.1) is 20.8 Å². The molecule has 2 aromatic rings. The van der Waals surface area contributed by atoms with Crippen LogP contribution in [-0.2, 0) is 14.8 Å². The monoisotopic (exact) mass is 444 g/mol. The fourth-order valence-electron chi connectivity index (χ4n) is 4.01. The zero-order chi connectivity index (χ0) is 22.6. The van der Waals surface area contributed by atoms with Gasteiger partial charge in [-0.15, -0.1) is 0 Å². The molecule has 2 N–H and O–H groups in total. The van der Waals surface area contributed by atoms with E-state index in [9.17, 15) is 13.2 Å². The molecule has 0 spiro atoms. The average molecular weight is 445 g/mol. The Morgan fingerprint density at radius 1 is 1.03 bits per heavy atom. The minimum absolute atomic E-state index is 0.0209. The molecule has 0 saturated heterocycles. The minimum Gasteiger partial charge on any atom is -0.484 e. The van der Waals surface area contributed by atoms with Gasteiger partial charge in [-0.1, -0.05) is 25.0 Å². The third kappa shape index (κ3) is 6.08. The predicted octanol–water partition coefficient (Wildman–Crippen LogP) is 4.09. The SMILES string of the molecule is Cc1cc(C)c([C@@H](C)NC(=O)COc2ccc(S(=O)(=O)NC3CCCC3)cc2)cc1C. The molecule has 1 aliphatic rings. The molecule has 1 aliphatic carbocycles. The van der Waals surface area contributed by atoms with Crippen molar-refractivity contribution < 1.29 is 17.9 Å². The molecule has 0 radical (unpaired) electrons. The van der Waals surface area contributed by atoms with E-state index in [0.29, 0.717) is 5.75 Å². The van der Waals surface area contributed by atoms with Crippen molar-refractivity contribution in [3.05, 3.63) is 58.7 Å². The van der Waals surface area contributed by atoms with Crippen molar-refractivity contribution in [2.45, 2.75) is 70.4 Å². The summed E-state index contributed by atoms with van der Waals surface area (Å²) < 4.78 is 33.3. The Morgan fingerprint density at radius 3 is 2.29 bits per heavy atom. The largest absolute Gasteiger partial charge is 0.484 e. The second kappa shape index (κ2) is 9.83. The molecule has 6 nitrogen and oxygen atoms in total. The number of amides is 1. The number of rotatable bonds is 8. The van der Waals surface area contributed by atoms with E-state index in [1.165, 1.54) is 23.3 Å². The molecule has 0 unspecified atom stereocenters. The van der Waals surface area contributed by atoms with Gasteiger partial charge in [-0.2, -0.15) is 0 Å². The summed E-state index contributed by atoms with van der Waals surface area (Å²) in [7, 11) is -3.53. The standard InChI is InChI=1S/C24H32N2O4S/c1-16-13-18(3)23(14-17(16)2)19(4)25-24(27)15-30-21-9-11-22(12-10-21)31(28,29)26-20-7-5-6-8-20/h9-14,19-20,26H,5-8,15H2,1-4H3,(H,25,27)/t19-/m1/s1. The van der Waals surface area contributed by atoms with Gasteiger partial charge < -0.3 is 10.1 Å². The lowest BCUT2D eigenvalue weighted by Gasteiger charge is -2.18. The highest BCUT2D eigenvalue weighted by Crippen LogP contribution is 2.23. The van der Waals surface area contributed by atoms with E-state index in [1.807, 2.05) is 13.8 Å². The molecule has 0 aromatic heterocycles. The van der Waals surface area contributed by atoms with Gasteiger partial charge >= 0.3 is 0 Å². The third-order valence-corrected chi connectivity index (χ3v) is 7.44. The Labute approximate surface area is 185 Å². The molecule has 2 aromatic carbocycles. The highest BCUT2D eigenvalue weighted by Gasteiger charge is 2.23. The molecule has 7 heteroatoms. The lowest BCUT2D eigenvalue weighted by Crippen LogP contribution is -2.32. The number of nitrogens with one attached hydrogen (secondary N) is 2. The first-order valence-corrected chi connectivity index (χ1v) is 12.3. The van der Waals surface area contributed by atoms with E-state index in [2.05, 4.69) is 36.0 Å². The molecule has 3 rings (SSSR count). The molecule has 1 fully saturated rings. The molecule has 1 saturated carbocycles. The Kier molecular flexibility index (Phi) is 7.38. The third-order valence-electron chi connectivity index (χ3n) is 5.91. The number of aryl methyl sites for hydroxylation is 3. The van der Waals surface area contributed by atoms with Crippen LogP contribution in [0.3, 0.4) is 0 Å². The number of sulfonamides is 1. The molecule has 1 atom stereocenters. The van der Waals surface area contributed by atoms with Gasteiger partial charge in [-0.05, 0) is 87.1 Å². The fourth-order valence-corrected chi connectivity index (χ4v) is 5.31. The molecule has 1 amide bonds. The maximum absolute atomic E-state index is 12.5. The average Bonchev–Trinajstić information content (AvgIpc) is 3.21. The highest BCUT2D eigenvalue weighted by atomic mass is 32.2. The molecule has 0 aliphatic heterocycles. The van der Waals surface area contributed by atoms with Crippen molar-refractivity contribution >= 4 is 15.9 Å². The number of carbonyl (C=O) groups is 1. The lowest BCUT2D eigenvalue weighted by atomic mass is 9.96. The van der Waals surface area contributed by atoms with Crippen molar-refractivity contribution in [1.29, 1.82) is 0 Å². The van der Waals surface area contributed by atoms with Crippen LogP contribution >= 0.6 is 0 Å². The van der Waals surface area contributed by atoms with Gasteiger partial charge in [0.1, 0.15) is 5.75 Å². The summed E-state index contributed by atoms with van der Waals surface area (Å²) in [6.45, 7) is 7.98. The Balaban J connectivity index is 1.54. The summed E-state index contributed by atoms with van der Waals surface area (Å²) in [5.41, 5.74) is 4.64. The van der Waals surface area contributed by atoms with Crippen LogP contribution in [0.1, 0.15) is 60.9 Å². The van der Waals surface area contributed by atoms with E-state index < -0.39 is 10.0 Å². The van der Waals surface area contributed by atoms with Gasteiger partial charge in [0.2, 0.25) is 10.0 Å². The van der Waals surface area contributed by atoms with E-state index in [-0.39, 0.29) is 29.5 Å². The second-order valence-corrected chi connectivity index (χ2v) is 10.2. The van der Waals surface area contributed by atoms with Crippen LogP contribution in [0.15, 0.2) is 41.3 Å². The topological polar surface area (TPSA) is 84.5 Å². The maximum Gasteiger partial charge on any atom is 0.258 e. The number of hydrogen-bond donors (Lipinski definition) is 2. The Morgan fingerprint density at radius 2 is 1.65 bits per heavy atom. The maximum atomic E-state index is 12.5. The van der Waals surface area contributed by atoms with Gasteiger partial charge in [0.05, 0.1) is 10.9 Å². The van der Waals surface area contributed by atoms with Crippen molar-refractivity contribution in [3.63, 3.8) is 0 Å². The second-order valence-electron chi connectivity index (χ2n) is 8.45. The normalized spacial score (nSPS) is 15.6. The molecular weight excluding hydrogens is 412 g/mol. The summed E-state index contributed by atoms with van der Waals surface area (Å²) in [5, 5.41) is 2.96. The van der Waals surface area contributed by atoms with E-state index >= 15 is 0 Å². The van der Waals surface area contributed by atoms with Crippen LogP contribution in [-0.4, -0.2) is 27.0 Å². The molecule has 0 bridgehead atoms. The van der Waals surface area contributed by atoms with E-state index in [0.717, 1.165) is 36.8 Å². The smallest absolute Gasteiger partial charge is 0.258 e. The quantitative estimate of drug-likeness (QED) is 0.642. The minimum atomic E-state index is -3.53. The first kappa shape index (κ1) is 23.3. The van der Waals surface area contributed by atoms with Crippen LogP contribution < -0.4 is 14.8 Å². The highest BCUT2D eigenvalue weighted by molar-refractivity contribution is 7.89. The molecule has 168 valence electrons. The summed E-state index contributed by atoms with van der Waals surface area (Å²) >= 11 is 0. The molecule has 31 heavy (non-hydrogen) atoms. The van der Waals surface area contributed by atoms with Crippen LogP contribution in [0.2, 0.25) is 0 Å². The van der Waals surface area contributed by atoms with Gasteiger partial charge in [-0.25, -0.2) is 13.1 Å². The van der Waals surface area contributed by atoms with Crippen molar-refractivity contribution in [2.75, 3.05) is 6.61 Å². The molecular formula is C24H32N2O4S. The fraction of sp³-hybridized carbons (Fsp3) is 0.458. The Bertz CT molecular complexity index is 1030. The number of ether oxygens (including phenoxy) is 1. The van der Waals surface area contributed by atoms with Crippen LogP contribution in [0.25, 0.3) is 0 Å². The van der Waals surface area contributed by atoms with Gasteiger partial charge in [0, 0.05) is 6.04 Å².